The summed E-state index contributed by atoms with van der Waals surface area (Å²) in [6, 6.07) is 0.623. The minimum Gasteiger partial charge on any atom is -0.493 e. The fraction of sp³-hybridized carbons (Fsp3) is 0.636. The Balaban J connectivity index is 2.12. The fourth-order valence-electron chi connectivity index (χ4n) is 4.16. The van der Waals surface area contributed by atoms with Crippen LogP contribution >= 0.6 is 0 Å². The van der Waals surface area contributed by atoms with E-state index >= 15 is 0 Å². The number of amides is 2. The maximum Gasteiger partial charge on any atom is 0.475 e. The van der Waals surface area contributed by atoms with Crippen LogP contribution in [0, 0.1) is 11.8 Å². The van der Waals surface area contributed by atoms with Gasteiger partial charge in [-0.2, -0.15) is 0 Å². The van der Waals surface area contributed by atoms with E-state index < -0.39 is 37.5 Å². The van der Waals surface area contributed by atoms with Crippen LogP contribution in [0.1, 0.15) is 37.8 Å². The second-order valence-corrected chi connectivity index (χ2v) is 8.62. The standard InChI is InChI=1S/C22H35BN2O8/c1-12(2)8-18(23(29)30)25-22(28)16(11-26)24-21(27)13-6-7-15-14(9-13)10-17(31-3)20(33-5)19(15)32-4/h10,12-13,16,18,26,29-30H,6-9,11H2,1-5H3,(H,24,27)(H,25,28). The van der Waals surface area contributed by atoms with Gasteiger partial charge >= 0.3 is 7.12 Å². The van der Waals surface area contributed by atoms with E-state index in [-0.39, 0.29) is 11.8 Å². The van der Waals surface area contributed by atoms with Gasteiger partial charge in [0.15, 0.2) is 11.5 Å². The third-order valence-corrected chi connectivity index (χ3v) is 5.83. The Bertz CT molecular complexity index is 833. The number of hydrogen-bond acceptors (Lipinski definition) is 8. The number of methoxy groups -OCH3 is 3. The van der Waals surface area contributed by atoms with E-state index in [1.54, 1.807) is 7.11 Å². The van der Waals surface area contributed by atoms with Crippen LogP contribution < -0.4 is 24.8 Å². The van der Waals surface area contributed by atoms with Crippen LogP contribution in [0.2, 0.25) is 0 Å². The van der Waals surface area contributed by atoms with E-state index in [9.17, 15) is 24.7 Å². The summed E-state index contributed by atoms with van der Waals surface area (Å²) in [6.07, 6.45) is 1.83. The van der Waals surface area contributed by atoms with E-state index in [1.165, 1.54) is 14.2 Å². The van der Waals surface area contributed by atoms with E-state index in [0.29, 0.717) is 42.9 Å². The van der Waals surface area contributed by atoms with Crippen LogP contribution in [0.4, 0.5) is 0 Å². The third-order valence-electron chi connectivity index (χ3n) is 5.83. The first-order valence-corrected chi connectivity index (χ1v) is 11.0. The quantitative estimate of drug-likeness (QED) is 0.283. The highest BCUT2D eigenvalue weighted by atomic mass is 16.5. The van der Waals surface area contributed by atoms with Crippen molar-refractivity contribution >= 4 is 18.9 Å². The molecule has 0 bridgehead atoms. The number of benzene rings is 1. The summed E-state index contributed by atoms with van der Waals surface area (Å²) < 4.78 is 16.4. The molecule has 184 valence electrons. The number of carbonyl (C=O) groups excluding carboxylic acids is 2. The number of rotatable bonds is 11. The Morgan fingerprint density at radius 2 is 1.79 bits per heavy atom. The molecule has 0 saturated carbocycles. The normalized spacial score (nSPS) is 16.9. The van der Waals surface area contributed by atoms with Crippen molar-refractivity contribution in [2.75, 3.05) is 27.9 Å². The smallest absolute Gasteiger partial charge is 0.475 e. The van der Waals surface area contributed by atoms with Gasteiger partial charge in [-0.15, -0.1) is 0 Å². The minimum absolute atomic E-state index is 0.106. The number of carbonyl (C=O) groups is 2. The highest BCUT2D eigenvalue weighted by Crippen LogP contribution is 2.45. The minimum atomic E-state index is -1.75. The maximum absolute atomic E-state index is 12.9. The molecule has 1 aliphatic carbocycles. The van der Waals surface area contributed by atoms with E-state index in [2.05, 4.69) is 10.6 Å². The molecule has 33 heavy (non-hydrogen) atoms. The molecule has 0 heterocycles. The predicted molar refractivity (Wildman–Crippen MR) is 122 cm³/mol. The van der Waals surface area contributed by atoms with Crippen LogP contribution in [-0.2, 0) is 22.4 Å². The van der Waals surface area contributed by atoms with Crippen LogP contribution in [0.15, 0.2) is 6.07 Å². The van der Waals surface area contributed by atoms with Gasteiger partial charge in [-0.1, -0.05) is 13.8 Å². The molecule has 1 aromatic rings. The molecule has 1 aromatic carbocycles. The first-order chi connectivity index (χ1) is 15.7. The molecule has 5 N–H and O–H groups in total. The molecule has 2 amide bonds. The lowest BCUT2D eigenvalue weighted by Gasteiger charge is -2.28. The molecule has 0 aromatic heterocycles. The summed E-state index contributed by atoms with van der Waals surface area (Å²) in [4.78, 5) is 25.5. The van der Waals surface area contributed by atoms with Gasteiger partial charge in [0.25, 0.3) is 0 Å². The number of hydrogen-bond donors (Lipinski definition) is 5. The van der Waals surface area contributed by atoms with Gasteiger partial charge in [-0.05, 0) is 43.2 Å². The summed E-state index contributed by atoms with van der Waals surface area (Å²) in [6.45, 7) is 3.15. The second-order valence-electron chi connectivity index (χ2n) is 8.62. The van der Waals surface area contributed by atoms with Crippen molar-refractivity contribution in [3.05, 3.63) is 17.2 Å². The Kier molecular flexibility index (Phi) is 9.81. The molecular weight excluding hydrogens is 431 g/mol. The summed E-state index contributed by atoms with van der Waals surface area (Å²) in [5, 5.41) is 33.8. The number of aliphatic hydroxyl groups is 1. The zero-order valence-corrected chi connectivity index (χ0v) is 19.9. The molecule has 0 radical (unpaired) electrons. The van der Waals surface area contributed by atoms with Crippen molar-refractivity contribution in [3.63, 3.8) is 0 Å². The number of fused-ring (bicyclic) bond motifs is 1. The lowest BCUT2D eigenvalue weighted by Crippen LogP contribution is -2.56. The molecule has 0 saturated heterocycles. The molecule has 1 aliphatic rings. The predicted octanol–water partition coefficient (Wildman–Crippen LogP) is -0.163. The Hall–Kier alpha value is -2.50. The summed E-state index contributed by atoms with van der Waals surface area (Å²) in [7, 11) is 2.87. The SMILES string of the molecule is COc1cc2c(c(OC)c1OC)CCC(C(=O)NC(CO)C(=O)NC(CC(C)C)B(O)O)C2. The molecule has 11 heteroatoms. The third kappa shape index (κ3) is 6.52. The van der Waals surface area contributed by atoms with Crippen molar-refractivity contribution in [1.82, 2.24) is 10.6 Å². The Labute approximate surface area is 194 Å². The average Bonchev–Trinajstić information content (AvgIpc) is 2.79. The maximum atomic E-state index is 12.9. The highest BCUT2D eigenvalue weighted by molar-refractivity contribution is 6.43. The number of aliphatic hydroxyl groups excluding tert-OH is 1. The van der Waals surface area contributed by atoms with Crippen molar-refractivity contribution in [1.29, 1.82) is 0 Å². The zero-order chi connectivity index (χ0) is 24.7. The van der Waals surface area contributed by atoms with Gasteiger partial charge in [-0.25, -0.2) is 0 Å². The van der Waals surface area contributed by atoms with Gasteiger partial charge in [0.2, 0.25) is 17.6 Å². The summed E-state index contributed by atoms with van der Waals surface area (Å²) in [5.41, 5.74) is 1.84. The van der Waals surface area contributed by atoms with Crippen LogP contribution in [0.25, 0.3) is 0 Å². The Morgan fingerprint density at radius 3 is 2.30 bits per heavy atom. The monoisotopic (exact) mass is 466 g/mol. The molecule has 0 fully saturated rings. The lowest BCUT2D eigenvalue weighted by atomic mass is 9.75. The van der Waals surface area contributed by atoms with Crippen molar-refractivity contribution < 1.29 is 39.0 Å². The second kappa shape index (κ2) is 12.1. The first kappa shape index (κ1) is 26.8. The lowest BCUT2D eigenvalue weighted by molar-refractivity contribution is -0.132. The van der Waals surface area contributed by atoms with E-state index in [0.717, 1.165) is 11.1 Å². The summed E-state index contributed by atoms with van der Waals surface area (Å²) in [5.74, 6) is -0.674. The molecule has 3 unspecified atom stereocenters. The number of ether oxygens (including phenoxy) is 3. The molecule has 2 rings (SSSR count). The number of nitrogens with one attached hydrogen (secondary N) is 2. The van der Waals surface area contributed by atoms with Crippen LogP contribution in [0.3, 0.4) is 0 Å². The van der Waals surface area contributed by atoms with Crippen molar-refractivity contribution in [3.8, 4) is 17.2 Å². The van der Waals surface area contributed by atoms with Crippen LogP contribution in [-0.4, -0.2) is 74.0 Å². The average molecular weight is 466 g/mol. The topological polar surface area (TPSA) is 147 Å². The summed E-state index contributed by atoms with van der Waals surface area (Å²) >= 11 is 0. The Morgan fingerprint density at radius 1 is 1.12 bits per heavy atom. The van der Waals surface area contributed by atoms with Gasteiger partial charge < -0.3 is 40.0 Å². The highest BCUT2D eigenvalue weighted by Gasteiger charge is 2.33. The first-order valence-electron chi connectivity index (χ1n) is 11.0. The van der Waals surface area contributed by atoms with Gasteiger partial charge in [-0.3, -0.25) is 9.59 Å². The van der Waals surface area contributed by atoms with Crippen LogP contribution in [0.5, 0.6) is 17.2 Å². The largest absolute Gasteiger partial charge is 0.493 e. The van der Waals surface area contributed by atoms with Crippen molar-refractivity contribution in [2.45, 2.75) is 51.5 Å². The molecule has 0 aliphatic heterocycles. The molecule has 0 spiro atoms. The molecule has 3 atom stereocenters. The zero-order valence-electron chi connectivity index (χ0n) is 19.9. The van der Waals surface area contributed by atoms with E-state index in [1.807, 2.05) is 19.9 Å². The fourth-order valence-corrected chi connectivity index (χ4v) is 4.16. The van der Waals surface area contributed by atoms with Gasteiger partial charge in [0, 0.05) is 11.5 Å². The van der Waals surface area contributed by atoms with E-state index in [4.69, 9.17) is 14.2 Å². The van der Waals surface area contributed by atoms with Crippen molar-refractivity contribution in [2.24, 2.45) is 11.8 Å². The van der Waals surface area contributed by atoms with Gasteiger partial charge in [0.1, 0.15) is 6.04 Å². The molecule has 10 nitrogen and oxygen atoms in total. The van der Waals surface area contributed by atoms with Gasteiger partial charge in [0.05, 0.1) is 33.9 Å². The molecular formula is C22H35BN2O8.